The molecule has 4 nitrogen and oxygen atoms in total. The van der Waals surface area contributed by atoms with E-state index in [0.717, 1.165) is 23.4 Å². The van der Waals surface area contributed by atoms with E-state index in [1.807, 2.05) is 37.3 Å². The fourth-order valence-corrected chi connectivity index (χ4v) is 4.85. The van der Waals surface area contributed by atoms with Gasteiger partial charge in [-0.15, -0.1) is 0 Å². The van der Waals surface area contributed by atoms with Gasteiger partial charge in [0, 0.05) is 0 Å². The number of carbonyl (C=O) groups excluding carboxylic acids is 1. The molecule has 0 spiro atoms. The van der Waals surface area contributed by atoms with Crippen molar-refractivity contribution < 1.29 is 9.53 Å². The predicted molar refractivity (Wildman–Crippen MR) is 135 cm³/mol. The van der Waals surface area contributed by atoms with Gasteiger partial charge in [0.05, 0.1) is 29.6 Å². The van der Waals surface area contributed by atoms with E-state index in [0.29, 0.717) is 18.1 Å². The number of anilines is 2. The van der Waals surface area contributed by atoms with Crippen LogP contribution in [-0.2, 0) is 11.2 Å². The molecule has 0 bridgehead atoms. The van der Waals surface area contributed by atoms with Crippen molar-refractivity contribution in [2.24, 2.45) is 5.92 Å². The number of hydrogen-bond acceptors (Lipinski definition) is 4. The van der Waals surface area contributed by atoms with Crippen molar-refractivity contribution in [3.63, 3.8) is 0 Å². The molecule has 0 heterocycles. The Morgan fingerprint density at radius 3 is 2.52 bits per heavy atom. The summed E-state index contributed by atoms with van der Waals surface area (Å²) in [4.78, 5) is 12.4. The fourth-order valence-electron chi connectivity index (χ4n) is 4.85. The molecule has 1 atom stereocenters. The quantitative estimate of drug-likeness (QED) is 0.298. The van der Waals surface area contributed by atoms with Crippen LogP contribution in [0.2, 0.25) is 0 Å². The molecule has 172 valence electrons. The topological polar surface area (TPSA) is 64.3 Å². The molecule has 4 heteroatoms. The number of ether oxygens (including phenoxy) is 1. The van der Waals surface area contributed by atoms with Gasteiger partial charge < -0.3 is 15.8 Å². The minimum Gasteiger partial charge on any atom is -0.462 e. The van der Waals surface area contributed by atoms with Gasteiger partial charge >= 0.3 is 5.97 Å². The number of esters is 1. The third kappa shape index (κ3) is 5.95. The van der Waals surface area contributed by atoms with E-state index in [9.17, 15) is 4.79 Å². The third-order valence-electron chi connectivity index (χ3n) is 6.56. The Morgan fingerprint density at radius 2 is 1.76 bits per heavy atom. The van der Waals surface area contributed by atoms with Gasteiger partial charge in [-0.05, 0) is 73.1 Å². The third-order valence-corrected chi connectivity index (χ3v) is 6.56. The number of nitrogens with one attached hydrogen (secondary N) is 1. The zero-order valence-electron chi connectivity index (χ0n) is 19.4. The fraction of sp³-hybridized carbons (Fsp3) is 0.345. The van der Waals surface area contributed by atoms with Gasteiger partial charge in [-0.2, -0.15) is 0 Å². The van der Waals surface area contributed by atoms with Crippen LogP contribution < -0.4 is 11.1 Å². The van der Waals surface area contributed by atoms with Gasteiger partial charge in [0.15, 0.2) is 0 Å². The minimum atomic E-state index is -0.272. The van der Waals surface area contributed by atoms with E-state index in [-0.39, 0.29) is 12.0 Å². The zero-order valence-corrected chi connectivity index (χ0v) is 19.4. The second-order valence-corrected chi connectivity index (χ2v) is 8.95. The van der Waals surface area contributed by atoms with E-state index < -0.39 is 0 Å². The Balaban J connectivity index is 1.63. The Labute approximate surface area is 197 Å². The van der Waals surface area contributed by atoms with Crippen LogP contribution >= 0.6 is 0 Å². The Bertz CT molecular complexity index is 1060. The molecule has 1 aliphatic rings. The lowest BCUT2D eigenvalue weighted by molar-refractivity contribution is 0.0526. The molecule has 3 N–H and O–H groups in total. The van der Waals surface area contributed by atoms with Crippen LogP contribution in [0, 0.1) is 5.92 Å². The molecule has 0 radical (unpaired) electrons. The molecular weight excluding hydrogens is 408 g/mol. The molecule has 3 aromatic rings. The maximum atomic E-state index is 12.4. The van der Waals surface area contributed by atoms with Crippen molar-refractivity contribution >= 4 is 17.3 Å². The first-order valence-electron chi connectivity index (χ1n) is 12.1. The maximum absolute atomic E-state index is 12.4. The average molecular weight is 443 g/mol. The summed E-state index contributed by atoms with van der Waals surface area (Å²) in [6.45, 7) is 2.21. The largest absolute Gasteiger partial charge is 0.462 e. The van der Waals surface area contributed by atoms with Crippen molar-refractivity contribution in [1.29, 1.82) is 0 Å². The Kier molecular flexibility index (Phi) is 7.66. The maximum Gasteiger partial charge on any atom is 0.338 e. The highest BCUT2D eigenvalue weighted by atomic mass is 16.5. The lowest BCUT2D eigenvalue weighted by Crippen LogP contribution is -2.24. The summed E-state index contributed by atoms with van der Waals surface area (Å²) in [5, 5.41) is 3.78. The number of carbonyl (C=O) groups is 1. The molecule has 0 aliphatic heterocycles. The summed E-state index contributed by atoms with van der Waals surface area (Å²) in [5.74, 6) is 0.222. The molecule has 0 aromatic heterocycles. The summed E-state index contributed by atoms with van der Waals surface area (Å²) < 4.78 is 5.24. The van der Waals surface area contributed by atoms with Crippen LogP contribution in [0.5, 0.6) is 0 Å². The highest BCUT2D eigenvalue weighted by molar-refractivity contribution is 5.89. The summed E-state index contributed by atoms with van der Waals surface area (Å²) in [6, 6.07) is 24.7. The average Bonchev–Trinajstić information content (AvgIpc) is 2.86. The Morgan fingerprint density at radius 1 is 0.970 bits per heavy atom. The first kappa shape index (κ1) is 22.9. The van der Waals surface area contributed by atoms with Crippen LogP contribution in [-0.4, -0.2) is 12.6 Å². The van der Waals surface area contributed by atoms with Gasteiger partial charge in [-0.3, -0.25) is 0 Å². The van der Waals surface area contributed by atoms with Crippen LogP contribution in [0.25, 0.3) is 0 Å². The second kappa shape index (κ2) is 11.0. The van der Waals surface area contributed by atoms with Crippen molar-refractivity contribution in [2.75, 3.05) is 17.7 Å². The first-order chi connectivity index (χ1) is 16.1. The van der Waals surface area contributed by atoms with Crippen molar-refractivity contribution in [3.8, 4) is 0 Å². The predicted octanol–water partition coefficient (Wildman–Crippen LogP) is 6.77. The van der Waals surface area contributed by atoms with Crippen LogP contribution in [0.1, 0.15) is 72.1 Å². The monoisotopic (exact) mass is 442 g/mol. The van der Waals surface area contributed by atoms with Crippen molar-refractivity contribution in [1.82, 2.24) is 0 Å². The Hall–Kier alpha value is -3.27. The second-order valence-electron chi connectivity index (χ2n) is 8.95. The van der Waals surface area contributed by atoms with Crippen LogP contribution in [0.4, 0.5) is 11.4 Å². The molecule has 0 saturated heterocycles. The lowest BCUT2D eigenvalue weighted by atomic mass is 9.80. The van der Waals surface area contributed by atoms with E-state index in [4.69, 9.17) is 10.5 Å². The van der Waals surface area contributed by atoms with Crippen LogP contribution in [0.15, 0.2) is 72.8 Å². The summed E-state index contributed by atoms with van der Waals surface area (Å²) in [7, 11) is 0. The van der Waals surface area contributed by atoms with Crippen LogP contribution in [0.3, 0.4) is 0 Å². The SMILES string of the molecule is CCOC(=O)c1cccc(C(Nc2cc(Cc3ccccc3)ccc2N)C2CCCCC2)c1. The summed E-state index contributed by atoms with van der Waals surface area (Å²) in [6.07, 6.45) is 6.98. The summed E-state index contributed by atoms with van der Waals surface area (Å²) in [5.41, 5.74) is 12.3. The van der Waals surface area contributed by atoms with Gasteiger partial charge in [0.1, 0.15) is 0 Å². The number of rotatable bonds is 8. The standard InChI is InChI=1S/C29H34N2O2/c1-2-33-29(32)25-15-9-14-24(20-25)28(23-12-7-4-8-13-23)31-27-19-22(16-17-26(27)30)18-21-10-5-3-6-11-21/h3,5-6,9-11,14-17,19-20,23,28,31H,2,4,7-8,12-13,18,30H2,1H3. The van der Waals surface area contributed by atoms with Crippen molar-refractivity contribution in [2.45, 2.75) is 51.5 Å². The number of hydrogen-bond donors (Lipinski definition) is 2. The van der Waals surface area contributed by atoms with Gasteiger partial charge in [0.25, 0.3) is 0 Å². The van der Waals surface area contributed by atoms with Crippen molar-refractivity contribution in [3.05, 3.63) is 95.1 Å². The first-order valence-corrected chi connectivity index (χ1v) is 12.1. The zero-order chi connectivity index (χ0) is 23.0. The molecular formula is C29H34N2O2. The lowest BCUT2D eigenvalue weighted by Gasteiger charge is -2.33. The molecule has 3 aromatic carbocycles. The summed E-state index contributed by atoms with van der Waals surface area (Å²) >= 11 is 0. The number of benzene rings is 3. The molecule has 1 unspecified atom stereocenters. The number of nitrogen functional groups attached to an aromatic ring is 1. The highest BCUT2D eigenvalue weighted by Gasteiger charge is 2.26. The normalized spacial score (nSPS) is 15.1. The molecule has 1 fully saturated rings. The van der Waals surface area contributed by atoms with E-state index in [1.54, 1.807) is 0 Å². The number of nitrogens with two attached hydrogens (primary N) is 1. The van der Waals surface area contributed by atoms with Gasteiger partial charge in [-0.1, -0.05) is 67.8 Å². The smallest absolute Gasteiger partial charge is 0.338 e. The molecule has 0 amide bonds. The molecule has 33 heavy (non-hydrogen) atoms. The van der Waals surface area contributed by atoms with Gasteiger partial charge in [-0.25, -0.2) is 4.79 Å². The minimum absolute atomic E-state index is 0.0916. The molecule has 1 aliphatic carbocycles. The van der Waals surface area contributed by atoms with E-state index >= 15 is 0 Å². The van der Waals surface area contributed by atoms with E-state index in [1.165, 1.54) is 43.2 Å². The molecule has 1 saturated carbocycles. The van der Waals surface area contributed by atoms with Gasteiger partial charge in [0.2, 0.25) is 0 Å². The highest BCUT2D eigenvalue weighted by Crippen LogP contribution is 2.38. The van der Waals surface area contributed by atoms with E-state index in [2.05, 4.69) is 47.8 Å². The molecule has 4 rings (SSSR count).